The van der Waals surface area contributed by atoms with Crippen molar-refractivity contribution in [2.24, 2.45) is 0 Å². The molecule has 1 aliphatic rings. The minimum absolute atomic E-state index is 0.0391. The molecule has 3 aromatic carbocycles. The van der Waals surface area contributed by atoms with Crippen LogP contribution in [0, 0.1) is 6.92 Å². The predicted molar refractivity (Wildman–Crippen MR) is 181 cm³/mol. The highest BCUT2D eigenvalue weighted by atomic mass is 35.5. The number of hydrogen-bond acceptors (Lipinski definition) is 5. The second-order valence-electron chi connectivity index (χ2n) is 12.0. The van der Waals surface area contributed by atoms with E-state index in [1.54, 1.807) is 89.9 Å². The van der Waals surface area contributed by atoms with E-state index < -0.39 is 11.7 Å². The average molecular weight is 683 g/mol. The fourth-order valence-electron chi connectivity index (χ4n) is 5.20. The molecule has 3 amide bonds. The second-order valence-corrected chi connectivity index (χ2v) is 13.3. The second kappa shape index (κ2) is 13.7. The summed E-state index contributed by atoms with van der Waals surface area (Å²) >= 11 is 18.9. The number of nitrogens with zero attached hydrogens (tertiary/aromatic N) is 4. The number of rotatable bonds is 6. The maximum Gasteiger partial charge on any atom is 0.412 e. The first kappa shape index (κ1) is 33.3. The Kier molecular flexibility index (Phi) is 9.96. The maximum absolute atomic E-state index is 13.8. The van der Waals surface area contributed by atoms with Gasteiger partial charge in [0.05, 0.1) is 22.8 Å². The van der Waals surface area contributed by atoms with Gasteiger partial charge in [-0.25, -0.2) is 9.48 Å². The first-order valence-corrected chi connectivity index (χ1v) is 15.9. The number of carbonyl (C=O) groups is 3. The third-order valence-corrected chi connectivity index (χ3v) is 8.24. The molecular weight excluding hydrogens is 649 g/mol. The molecule has 9 nitrogen and oxygen atoms in total. The molecule has 1 fully saturated rings. The number of ether oxygens (including phenoxy) is 1. The lowest BCUT2D eigenvalue weighted by Crippen LogP contribution is -2.51. The van der Waals surface area contributed by atoms with Crippen molar-refractivity contribution in [2.75, 3.05) is 31.5 Å². The summed E-state index contributed by atoms with van der Waals surface area (Å²) in [5.74, 6) is -0.264. The molecule has 0 spiro atoms. The van der Waals surface area contributed by atoms with E-state index in [9.17, 15) is 14.4 Å². The number of carbonyl (C=O) groups excluding carboxylic acids is 3. The van der Waals surface area contributed by atoms with Crippen LogP contribution < -0.4 is 5.32 Å². The predicted octanol–water partition coefficient (Wildman–Crippen LogP) is 7.68. The average Bonchev–Trinajstić information content (AvgIpc) is 3.33. The summed E-state index contributed by atoms with van der Waals surface area (Å²) < 4.78 is 6.94. The molecule has 240 valence electrons. The van der Waals surface area contributed by atoms with Crippen molar-refractivity contribution in [3.05, 3.63) is 98.6 Å². The molecule has 2 heterocycles. The van der Waals surface area contributed by atoms with E-state index in [-0.39, 0.29) is 18.2 Å². The van der Waals surface area contributed by atoms with Gasteiger partial charge in [0.15, 0.2) is 5.69 Å². The van der Waals surface area contributed by atoms with E-state index in [2.05, 4.69) is 5.32 Å². The first-order valence-electron chi connectivity index (χ1n) is 14.8. The van der Waals surface area contributed by atoms with Crippen LogP contribution in [-0.4, -0.2) is 69.3 Å². The molecule has 0 radical (unpaired) electrons. The maximum atomic E-state index is 13.8. The number of nitrogens with one attached hydrogen (secondary N) is 1. The highest BCUT2D eigenvalue weighted by molar-refractivity contribution is 6.35. The normalized spacial score (nSPS) is 13.5. The van der Waals surface area contributed by atoms with Crippen molar-refractivity contribution in [3.63, 3.8) is 0 Å². The Morgan fingerprint density at radius 1 is 0.848 bits per heavy atom. The third-order valence-electron chi connectivity index (χ3n) is 7.45. The third kappa shape index (κ3) is 7.84. The Hall–Kier alpha value is -4.05. The van der Waals surface area contributed by atoms with Gasteiger partial charge in [0, 0.05) is 53.0 Å². The summed E-state index contributed by atoms with van der Waals surface area (Å²) in [6.45, 7) is 8.78. The molecule has 0 unspecified atom stereocenters. The van der Waals surface area contributed by atoms with Crippen LogP contribution in [-0.2, 0) is 16.0 Å². The molecule has 12 heteroatoms. The molecule has 1 saturated heterocycles. The molecule has 0 aliphatic carbocycles. The summed E-state index contributed by atoms with van der Waals surface area (Å²) in [7, 11) is 0. The summed E-state index contributed by atoms with van der Waals surface area (Å²) in [6, 6.07) is 19.5. The zero-order chi connectivity index (χ0) is 33.2. The molecular formula is C34H34Cl3N5O4. The fraction of sp³-hybridized carbons (Fsp3) is 0.294. The standard InChI is InChI=1S/C34H34Cl3N5O4/c1-21-30(39-42(28-14-11-25(36)20-27(28)37)31(21)23-7-9-24(35)10-8-23)32(44)41-17-15-40(16-18-41)29(43)19-22-5-12-26(13-6-22)38-33(45)46-34(2,3)4/h5-14,20H,15-19H2,1-4H3,(H,38,45). The van der Waals surface area contributed by atoms with Gasteiger partial charge in [-0.05, 0) is 75.7 Å². The molecule has 4 aromatic rings. The monoisotopic (exact) mass is 681 g/mol. The molecule has 0 atom stereocenters. The lowest BCUT2D eigenvalue weighted by Gasteiger charge is -2.34. The van der Waals surface area contributed by atoms with E-state index in [1.165, 1.54) is 0 Å². The summed E-state index contributed by atoms with van der Waals surface area (Å²) in [5.41, 5.74) is 3.91. The molecule has 0 saturated carbocycles. The minimum Gasteiger partial charge on any atom is -0.444 e. The van der Waals surface area contributed by atoms with Crippen LogP contribution in [0.3, 0.4) is 0 Å². The van der Waals surface area contributed by atoms with Crippen LogP contribution in [0.4, 0.5) is 10.5 Å². The van der Waals surface area contributed by atoms with E-state index >= 15 is 0 Å². The molecule has 46 heavy (non-hydrogen) atoms. The van der Waals surface area contributed by atoms with Crippen LogP contribution in [0.15, 0.2) is 66.7 Å². The van der Waals surface area contributed by atoms with Crippen LogP contribution in [0.2, 0.25) is 15.1 Å². The Morgan fingerprint density at radius 2 is 1.46 bits per heavy atom. The molecule has 1 aromatic heterocycles. The van der Waals surface area contributed by atoms with E-state index in [0.717, 1.165) is 11.1 Å². The number of benzene rings is 3. The van der Waals surface area contributed by atoms with E-state index in [0.29, 0.717) is 69.6 Å². The first-order chi connectivity index (χ1) is 21.8. The van der Waals surface area contributed by atoms with Gasteiger partial charge in [0.2, 0.25) is 5.91 Å². The van der Waals surface area contributed by atoms with E-state index in [4.69, 9.17) is 44.6 Å². The summed E-state index contributed by atoms with van der Waals surface area (Å²) in [5, 5.41) is 8.91. The molecule has 1 aliphatic heterocycles. The van der Waals surface area contributed by atoms with Crippen LogP contribution >= 0.6 is 34.8 Å². The number of anilines is 1. The van der Waals surface area contributed by atoms with Crippen molar-refractivity contribution in [3.8, 4) is 16.9 Å². The zero-order valence-corrected chi connectivity index (χ0v) is 28.2. The van der Waals surface area contributed by atoms with Gasteiger partial charge in [0.1, 0.15) is 5.60 Å². The summed E-state index contributed by atoms with van der Waals surface area (Å²) in [6.07, 6.45) is -0.336. The minimum atomic E-state index is -0.600. The quantitative estimate of drug-likeness (QED) is 0.225. The summed E-state index contributed by atoms with van der Waals surface area (Å²) in [4.78, 5) is 42.4. The number of amides is 3. The van der Waals surface area contributed by atoms with Gasteiger partial charge < -0.3 is 14.5 Å². The Balaban J connectivity index is 1.26. The lowest BCUT2D eigenvalue weighted by atomic mass is 10.1. The molecule has 1 N–H and O–H groups in total. The van der Waals surface area contributed by atoms with Crippen LogP contribution in [0.25, 0.3) is 16.9 Å². The van der Waals surface area contributed by atoms with Crippen LogP contribution in [0.5, 0.6) is 0 Å². The number of halogens is 3. The zero-order valence-electron chi connectivity index (χ0n) is 25.9. The molecule has 0 bridgehead atoms. The number of aromatic nitrogens is 2. The van der Waals surface area contributed by atoms with Gasteiger partial charge in [-0.1, -0.05) is 59.1 Å². The van der Waals surface area contributed by atoms with Gasteiger partial charge in [0.25, 0.3) is 5.91 Å². The highest BCUT2D eigenvalue weighted by Gasteiger charge is 2.30. The fourth-order valence-corrected chi connectivity index (χ4v) is 5.81. The SMILES string of the molecule is Cc1c(C(=O)N2CCN(C(=O)Cc3ccc(NC(=O)OC(C)(C)C)cc3)CC2)nn(-c2ccc(Cl)cc2Cl)c1-c1ccc(Cl)cc1. The Bertz CT molecular complexity index is 1760. The number of hydrogen-bond donors (Lipinski definition) is 1. The highest BCUT2D eigenvalue weighted by Crippen LogP contribution is 2.33. The van der Waals surface area contributed by atoms with Crippen LogP contribution in [0.1, 0.15) is 42.4 Å². The van der Waals surface area contributed by atoms with Crippen molar-refractivity contribution in [1.82, 2.24) is 19.6 Å². The van der Waals surface area contributed by atoms with Gasteiger partial charge >= 0.3 is 6.09 Å². The van der Waals surface area contributed by atoms with Gasteiger partial charge in [-0.2, -0.15) is 5.10 Å². The lowest BCUT2D eigenvalue weighted by molar-refractivity contribution is -0.131. The van der Waals surface area contributed by atoms with Crippen molar-refractivity contribution >= 4 is 58.4 Å². The molecule has 5 rings (SSSR count). The van der Waals surface area contributed by atoms with Crippen molar-refractivity contribution < 1.29 is 19.1 Å². The largest absolute Gasteiger partial charge is 0.444 e. The Labute approximate surface area is 283 Å². The smallest absolute Gasteiger partial charge is 0.412 e. The number of piperazine rings is 1. The van der Waals surface area contributed by atoms with Crippen molar-refractivity contribution in [2.45, 2.75) is 39.7 Å². The topological polar surface area (TPSA) is 96.8 Å². The van der Waals surface area contributed by atoms with E-state index in [1.807, 2.05) is 19.1 Å². The van der Waals surface area contributed by atoms with Gasteiger partial charge in [-0.15, -0.1) is 0 Å². The van der Waals surface area contributed by atoms with Gasteiger partial charge in [-0.3, -0.25) is 14.9 Å². The van der Waals surface area contributed by atoms with Crippen molar-refractivity contribution in [1.29, 1.82) is 0 Å². The Morgan fingerprint density at radius 3 is 2.07 bits per heavy atom.